The third kappa shape index (κ3) is 5.46. The molecule has 2 aromatic carbocycles. The van der Waals surface area contributed by atoms with Crippen molar-refractivity contribution in [2.75, 3.05) is 20.0 Å². The van der Waals surface area contributed by atoms with Crippen molar-refractivity contribution in [1.82, 2.24) is 15.0 Å². The van der Waals surface area contributed by atoms with Crippen LogP contribution in [0.2, 0.25) is 0 Å². The molecule has 2 unspecified atom stereocenters. The minimum Gasteiger partial charge on any atom is -0.497 e. The van der Waals surface area contributed by atoms with E-state index >= 15 is 0 Å². The van der Waals surface area contributed by atoms with E-state index in [4.69, 9.17) is 14.6 Å². The van der Waals surface area contributed by atoms with Crippen LogP contribution in [0.4, 0.5) is 0 Å². The van der Waals surface area contributed by atoms with E-state index in [1.165, 1.54) is 24.0 Å². The quantitative estimate of drug-likeness (QED) is 0.361. The third-order valence-corrected chi connectivity index (χ3v) is 7.52. The van der Waals surface area contributed by atoms with E-state index < -0.39 is 0 Å². The molecule has 37 heavy (non-hydrogen) atoms. The lowest BCUT2D eigenvalue weighted by atomic mass is 9.77. The van der Waals surface area contributed by atoms with Gasteiger partial charge in [0, 0.05) is 18.2 Å². The average Bonchev–Trinajstić information content (AvgIpc) is 3.33. The van der Waals surface area contributed by atoms with Crippen LogP contribution in [0.3, 0.4) is 0 Å². The number of aromatic amines is 1. The molecule has 8 nitrogen and oxygen atoms in total. The SMILES string of the molecule is COc1ccc(/C=C2/CCCC3C2=NN(C(=O)CSc2nccc(=O)[nH]2)C3c2ccc(OC)cc2)cc1. The molecule has 0 spiro atoms. The second kappa shape index (κ2) is 11.0. The molecule has 190 valence electrons. The summed E-state index contributed by atoms with van der Waals surface area (Å²) < 4.78 is 10.6. The Bertz CT molecular complexity index is 1380. The summed E-state index contributed by atoms with van der Waals surface area (Å²) in [6.45, 7) is 0. The molecule has 0 saturated heterocycles. The number of allylic oxidation sites excluding steroid dienone is 1. The minimum atomic E-state index is -0.248. The van der Waals surface area contributed by atoms with Gasteiger partial charge in [-0.1, -0.05) is 36.0 Å². The summed E-state index contributed by atoms with van der Waals surface area (Å²) in [7, 11) is 3.29. The van der Waals surface area contributed by atoms with Crippen LogP contribution in [0.15, 0.2) is 81.4 Å². The number of hydrogen-bond donors (Lipinski definition) is 1. The van der Waals surface area contributed by atoms with Gasteiger partial charge in [-0.2, -0.15) is 5.10 Å². The molecule has 1 N–H and O–H groups in total. The summed E-state index contributed by atoms with van der Waals surface area (Å²) in [6.07, 6.45) is 6.47. The number of fused-ring (bicyclic) bond motifs is 1. The predicted octanol–water partition coefficient (Wildman–Crippen LogP) is 4.70. The lowest BCUT2D eigenvalue weighted by molar-refractivity contribution is -0.130. The Morgan fingerprint density at radius 3 is 2.46 bits per heavy atom. The number of H-pyrrole nitrogens is 1. The van der Waals surface area contributed by atoms with Crippen molar-refractivity contribution in [3.05, 3.63) is 87.8 Å². The van der Waals surface area contributed by atoms with Crippen molar-refractivity contribution in [2.45, 2.75) is 30.5 Å². The number of hydrogen-bond acceptors (Lipinski definition) is 7. The van der Waals surface area contributed by atoms with Crippen molar-refractivity contribution in [3.8, 4) is 11.5 Å². The number of amides is 1. The first-order chi connectivity index (χ1) is 18.1. The summed E-state index contributed by atoms with van der Waals surface area (Å²) in [5.74, 6) is 1.64. The molecule has 0 bridgehead atoms. The molecule has 2 aliphatic rings. The first-order valence-electron chi connectivity index (χ1n) is 12.1. The first-order valence-corrected chi connectivity index (χ1v) is 13.1. The molecule has 0 radical (unpaired) electrons. The number of carbonyl (C=O) groups is 1. The molecular weight excluding hydrogens is 488 g/mol. The Morgan fingerprint density at radius 1 is 1.08 bits per heavy atom. The van der Waals surface area contributed by atoms with Gasteiger partial charge in [0.1, 0.15) is 11.5 Å². The van der Waals surface area contributed by atoms with Crippen LogP contribution in [0.25, 0.3) is 6.08 Å². The van der Waals surface area contributed by atoms with Gasteiger partial charge in [-0.05, 0) is 66.3 Å². The van der Waals surface area contributed by atoms with Gasteiger partial charge in [-0.3, -0.25) is 9.59 Å². The number of benzene rings is 2. The van der Waals surface area contributed by atoms with Gasteiger partial charge in [0.15, 0.2) is 5.16 Å². The molecule has 1 aromatic heterocycles. The number of aromatic nitrogens is 2. The highest BCUT2D eigenvalue weighted by molar-refractivity contribution is 7.99. The Hall–Kier alpha value is -3.85. The number of nitrogens with one attached hydrogen (secondary N) is 1. The topological polar surface area (TPSA) is 96.9 Å². The maximum absolute atomic E-state index is 13.5. The second-order valence-electron chi connectivity index (χ2n) is 8.91. The van der Waals surface area contributed by atoms with E-state index in [1.807, 2.05) is 48.5 Å². The maximum atomic E-state index is 13.5. The van der Waals surface area contributed by atoms with Crippen LogP contribution < -0.4 is 15.0 Å². The van der Waals surface area contributed by atoms with Gasteiger partial charge >= 0.3 is 0 Å². The van der Waals surface area contributed by atoms with Crippen LogP contribution >= 0.6 is 11.8 Å². The summed E-state index contributed by atoms with van der Waals surface area (Å²) in [4.78, 5) is 31.9. The van der Waals surface area contributed by atoms with Crippen LogP contribution in [0.5, 0.6) is 11.5 Å². The summed E-state index contributed by atoms with van der Waals surface area (Å²) in [6, 6.07) is 16.9. The van der Waals surface area contributed by atoms with E-state index in [2.05, 4.69) is 16.0 Å². The maximum Gasteiger partial charge on any atom is 0.253 e. The zero-order valence-corrected chi connectivity index (χ0v) is 21.5. The minimum absolute atomic E-state index is 0.0928. The van der Waals surface area contributed by atoms with E-state index in [9.17, 15) is 9.59 Å². The predicted molar refractivity (Wildman–Crippen MR) is 144 cm³/mol. The third-order valence-electron chi connectivity index (χ3n) is 6.65. The summed E-state index contributed by atoms with van der Waals surface area (Å²) in [5.41, 5.74) is 3.95. The first kappa shape index (κ1) is 24.8. The van der Waals surface area contributed by atoms with Crippen LogP contribution in [-0.2, 0) is 4.79 Å². The van der Waals surface area contributed by atoms with Crippen molar-refractivity contribution in [3.63, 3.8) is 0 Å². The Labute approximate surface area is 219 Å². The van der Waals surface area contributed by atoms with Gasteiger partial charge in [0.05, 0.1) is 31.7 Å². The Morgan fingerprint density at radius 2 is 1.78 bits per heavy atom. The zero-order chi connectivity index (χ0) is 25.8. The number of rotatable bonds is 7. The molecule has 1 aliphatic carbocycles. The number of ether oxygens (including phenoxy) is 2. The second-order valence-corrected chi connectivity index (χ2v) is 9.87. The van der Waals surface area contributed by atoms with Gasteiger partial charge < -0.3 is 14.5 Å². The monoisotopic (exact) mass is 516 g/mol. The molecule has 1 fully saturated rings. The summed E-state index contributed by atoms with van der Waals surface area (Å²) >= 11 is 1.20. The van der Waals surface area contributed by atoms with Crippen LogP contribution in [0, 0.1) is 5.92 Å². The van der Waals surface area contributed by atoms with E-state index in [0.717, 1.165) is 53.2 Å². The number of carbonyl (C=O) groups excluding carboxylic acids is 1. The van der Waals surface area contributed by atoms with Crippen molar-refractivity contribution < 1.29 is 14.3 Å². The van der Waals surface area contributed by atoms with Crippen molar-refractivity contribution >= 4 is 29.5 Å². The molecule has 5 rings (SSSR count). The summed E-state index contributed by atoms with van der Waals surface area (Å²) in [5, 5.41) is 6.96. The highest BCUT2D eigenvalue weighted by Gasteiger charge is 2.43. The molecular formula is C28H28N4O4S. The average molecular weight is 517 g/mol. The Kier molecular flexibility index (Phi) is 7.41. The molecule has 2 atom stereocenters. The van der Waals surface area contributed by atoms with Gasteiger partial charge in [0.2, 0.25) is 0 Å². The van der Waals surface area contributed by atoms with Gasteiger partial charge in [-0.25, -0.2) is 9.99 Å². The van der Waals surface area contributed by atoms with Crippen LogP contribution in [-0.4, -0.2) is 46.6 Å². The number of hydrazone groups is 1. The Balaban J connectivity index is 1.46. The fourth-order valence-corrected chi connectivity index (χ4v) is 5.56. The van der Waals surface area contributed by atoms with Crippen molar-refractivity contribution in [1.29, 1.82) is 0 Å². The standard InChI is InChI=1S/C28H28N4O4S/c1-35-21-10-6-18(7-11-21)16-20-4-3-5-23-26(20)31-32(27(23)19-8-12-22(36-2)13-9-19)25(34)17-37-28-29-15-14-24(33)30-28/h6-16,23,27H,3-5,17H2,1-2H3,(H,29,30,33)/b20-16-. The highest BCUT2D eigenvalue weighted by Crippen LogP contribution is 2.45. The molecule has 3 aromatic rings. The normalized spacial score (nSPS) is 19.9. The number of nitrogens with zero attached hydrogens (tertiary/aromatic N) is 3. The largest absolute Gasteiger partial charge is 0.497 e. The fourth-order valence-electron chi connectivity index (χ4n) is 4.86. The fraction of sp³-hybridized carbons (Fsp3) is 0.286. The van der Waals surface area contributed by atoms with Gasteiger partial charge in [0.25, 0.3) is 11.5 Å². The number of thioether (sulfide) groups is 1. The number of methoxy groups -OCH3 is 2. The molecule has 1 aliphatic heterocycles. The molecule has 1 saturated carbocycles. The molecule has 2 heterocycles. The van der Waals surface area contributed by atoms with E-state index in [-0.39, 0.29) is 29.2 Å². The van der Waals surface area contributed by atoms with Crippen molar-refractivity contribution in [2.24, 2.45) is 11.0 Å². The lowest BCUT2D eigenvalue weighted by Crippen LogP contribution is -2.33. The smallest absolute Gasteiger partial charge is 0.253 e. The van der Waals surface area contributed by atoms with E-state index in [1.54, 1.807) is 19.2 Å². The molecule has 9 heteroatoms. The lowest BCUT2D eigenvalue weighted by Gasteiger charge is -2.29. The van der Waals surface area contributed by atoms with E-state index in [0.29, 0.717) is 5.16 Å². The molecule has 1 amide bonds. The van der Waals surface area contributed by atoms with Crippen LogP contribution in [0.1, 0.15) is 36.4 Å². The van der Waals surface area contributed by atoms with Gasteiger partial charge in [-0.15, -0.1) is 0 Å². The highest BCUT2D eigenvalue weighted by atomic mass is 32.2. The zero-order valence-electron chi connectivity index (χ0n) is 20.7.